The van der Waals surface area contributed by atoms with Gasteiger partial charge < -0.3 is 4.90 Å². The lowest BCUT2D eigenvalue weighted by atomic mass is 10.1. The van der Waals surface area contributed by atoms with E-state index in [1.54, 1.807) is 4.90 Å². The minimum Gasteiger partial charge on any atom is -0.308 e. The first-order valence-corrected chi connectivity index (χ1v) is 7.95. The molecule has 0 aromatic heterocycles. The van der Waals surface area contributed by atoms with Crippen molar-refractivity contribution in [2.24, 2.45) is 0 Å². The Kier molecular flexibility index (Phi) is 5.00. The van der Waals surface area contributed by atoms with Crippen molar-refractivity contribution in [2.75, 3.05) is 11.4 Å². The highest BCUT2D eigenvalue weighted by atomic mass is 79.9. The van der Waals surface area contributed by atoms with E-state index in [2.05, 4.69) is 31.9 Å². The molecule has 0 spiro atoms. The molecule has 0 unspecified atom stereocenters. The maximum atomic E-state index is 12.7. The normalized spacial score (nSPS) is 10.4. The predicted octanol–water partition coefficient (Wildman–Crippen LogP) is 5.19. The third kappa shape index (κ3) is 3.30. The summed E-state index contributed by atoms with van der Waals surface area (Å²) < 4.78 is 1.77. The highest BCUT2D eigenvalue weighted by Gasteiger charge is 2.18. The molecule has 2 aromatic rings. The van der Waals surface area contributed by atoms with Crippen molar-refractivity contribution >= 4 is 43.5 Å². The molecule has 0 saturated carbocycles. The molecule has 0 aliphatic heterocycles. The minimum absolute atomic E-state index is 0.00352. The van der Waals surface area contributed by atoms with Crippen molar-refractivity contribution in [1.29, 1.82) is 0 Å². The summed E-state index contributed by atoms with van der Waals surface area (Å²) in [5.74, 6) is 0.00352. The van der Waals surface area contributed by atoms with Gasteiger partial charge in [0.05, 0.1) is 0 Å². The van der Waals surface area contributed by atoms with Crippen LogP contribution < -0.4 is 4.90 Å². The lowest BCUT2D eigenvalue weighted by Gasteiger charge is -2.23. The van der Waals surface area contributed by atoms with Gasteiger partial charge in [-0.15, -0.1) is 0 Å². The monoisotopic (exact) mass is 395 g/mol. The molecule has 104 valence electrons. The molecule has 0 N–H and O–H groups in total. The molecule has 4 heteroatoms. The van der Waals surface area contributed by atoms with E-state index in [1.807, 2.05) is 56.3 Å². The molecule has 0 saturated heterocycles. The molecular formula is C16H15Br2NO. The van der Waals surface area contributed by atoms with E-state index < -0.39 is 0 Å². The maximum absolute atomic E-state index is 12.7. The van der Waals surface area contributed by atoms with Crippen LogP contribution in [0.3, 0.4) is 0 Å². The number of benzene rings is 2. The van der Waals surface area contributed by atoms with Crippen molar-refractivity contribution in [3.8, 4) is 0 Å². The van der Waals surface area contributed by atoms with E-state index in [9.17, 15) is 4.79 Å². The van der Waals surface area contributed by atoms with Gasteiger partial charge in [0.25, 0.3) is 5.91 Å². The van der Waals surface area contributed by atoms with Gasteiger partial charge in [-0.3, -0.25) is 4.79 Å². The summed E-state index contributed by atoms with van der Waals surface area (Å²) in [6.07, 6.45) is 0. The van der Waals surface area contributed by atoms with Gasteiger partial charge in [0.1, 0.15) is 0 Å². The zero-order chi connectivity index (χ0) is 14.7. The topological polar surface area (TPSA) is 20.3 Å². The molecule has 0 atom stereocenters. The first kappa shape index (κ1) is 15.3. The summed E-state index contributed by atoms with van der Waals surface area (Å²) in [5, 5.41) is 0. The van der Waals surface area contributed by atoms with Crippen LogP contribution in [-0.2, 0) is 0 Å². The molecule has 1 amide bonds. The number of hydrogen-bond donors (Lipinski definition) is 0. The molecule has 2 nitrogen and oxygen atoms in total. The zero-order valence-electron chi connectivity index (χ0n) is 11.4. The summed E-state index contributed by atoms with van der Waals surface area (Å²) in [4.78, 5) is 14.5. The van der Waals surface area contributed by atoms with E-state index >= 15 is 0 Å². The summed E-state index contributed by atoms with van der Waals surface area (Å²) in [7, 11) is 0. The molecular weight excluding hydrogens is 382 g/mol. The van der Waals surface area contributed by atoms with Crippen LogP contribution in [0.25, 0.3) is 0 Å². The van der Waals surface area contributed by atoms with E-state index in [4.69, 9.17) is 0 Å². The SMILES string of the molecule is CCN(C(=O)c1cc(Br)cc(Br)c1)c1ccccc1C. The van der Waals surface area contributed by atoms with E-state index in [0.29, 0.717) is 12.1 Å². The largest absolute Gasteiger partial charge is 0.308 e. The summed E-state index contributed by atoms with van der Waals surface area (Å²) in [6, 6.07) is 13.5. The van der Waals surface area contributed by atoms with Gasteiger partial charge in [-0.2, -0.15) is 0 Å². The number of hydrogen-bond acceptors (Lipinski definition) is 1. The van der Waals surface area contributed by atoms with Gasteiger partial charge >= 0.3 is 0 Å². The molecule has 20 heavy (non-hydrogen) atoms. The molecule has 0 radical (unpaired) electrons. The highest BCUT2D eigenvalue weighted by Crippen LogP contribution is 2.25. The lowest BCUT2D eigenvalue weighted by molar-refractivity contribution is 0.0988. The molecule has 0 aliphatic carbocycles. The fourth-order valence-electron chi connectivity index (χ4n) is 2.12. The summed E-state index contributed by atoms with van der Waals surface area (Å²) in [5.41, 5.74) is 2.71. The van der Waals surface area contributed by atoms with Crippen molar-refractivity contribution in [3.05, 3.63) is 62.5 Å². The zero-order valence-corrected chi connectivity index (χ0v) is 14.5. The van der Waals surface area contributed by atoms with Crippen molar-refractivity contribution in [2.45, 2.75) is 13.8 Å². The fraction of sp³-hybridized carbons (Fsp3) is 0.188. The van der Waals surface area contributed by atoms with E-state index in [1.165, 1.54) is 0 Å². The Morgan fingerprint density at radius 2 is 1.70 bits per heavy atom. The second kappa shape index (κ2) is 6.55. The number of para-hydroxylation sites is 1. The van der Waals surface area contributed by atoms with Crippen molar-refractivity contribution < 1.29 is 4.79 Å². The first-order valence-electron chi connectivity index (χ1n) is 6.36. The Balaban J connectivity index is 2.42. The number of amides is 1. The molecule has 0 aliphatic rings. The van der Waals surface area contributed by atoms with Gasteiger partial charge in [0.15, 0.2) is 0 Å². The van der Waals surface area contributed by atoms with Crippen molar-refractivity contribution in [3.63, 3.8) is 0 Å². The Labute approximate surface area is 136 Å². The number of aryl methyl sites for hydroxylation is 1. The van der Waals surface area contributed by atoms with Crippen molar-refractivity contribution in [1.82, 2.24) is 0 Å². The maximum Gasteiger partial charge on any atom is 0.258 e. The smallest absolute Gasteiger partial charge is 0.258 e. The van der Waals surface area contributed by atoms with Crippen LogP contribution in [0, 0.1) is 6.92 Å². The van der Waals surface area contributed by atoms with Gasteiger partial charge in [-0.1, -0.05) is 50.1 Å². The van der Waals surface area contributed by atoms with Gasteiger partial charge in [0.2, 0.25) is 0 Å². The molecule has 0 fully saturated rings. The number of carbonyl (C=O) groups excluding carboxylic acids is 1. The van der Waals surface area contributed by atoms with Crippen LogP contribution in [0.5, 0.6) is 0 Å². The second-order valence-corrected chi connectivity index (χ2v) is 6.33. The Morgan fingerprint density at radius 1 is 1.10 bits per heavy atom. The average Bonchev–Trinajstić information content (AvgIpc) is 2.40. The quantitative estimate of drug-likeness (QED) is 0.699. The molecule has 2 rings (SSSR count). The average molecular weight is 397 g/mol. The highest BCUT2D eigenvalue weighted by molar-refractivity contribution is 9.11. The predicted molar refractivity (Wildman–Crippen MR) is 90.4 cm³/mol. The number of halogens is 2. The summed E-state index contributed by atoms with van der Waals surface area (Å²) >= 11 is 6.84. The van der Waals surface area contributed by atoms with Gasteiger partial charge in [-0.25, -0.2) is 0 Å². The molecule has 2 aromatic carbocycles. The minimum atomic E-state index is 0.00352. The lowest BCUT2D eigenvalue weighted by Crippen LogP contribution is -2.31. The first-order chi connectivity index (χ1) is 9.52. The Bertz CT molecular complexity index is 620. The number of carbonyl (C=O) groups is 1. The fourth-order valence-corrected chi connectivity index (χ4v) is 3.42. The van der Waals surface area contributed by atoms with Gasteiger partial charge in [-0.05, 0) is 43.7 Å². The number of rotatable bonds is 3. The van der Waals surface area contributed by atoms with Crippen LogP contribution >= 0.6 is 31.9 Å². The Morgan fingerprint density at radius 3 is 2.25 bits per heavy atom. The number of anilines is 1. The van der Waals surface area contributed by atoms with Gasteiger partial charge in [0, 0.05) is 26.7 Å². The second-order valence-electron chi connectivity index (χ2n) is 4.49. The summed E-state index contributed by atoms with van der Waals surface area (Å²) in [6.45, 7) is 4.63. The van der Waals surface area contributed by atoms with Crippen LogP contribution in [-0.4, -0.2) is 12.5 Å². The van der Waals surface area contributed by atoms with Crippen LogP contribution in [0.4, 0.5) is 5.69 Å². The Hall–Kier alpha value is -1.13. The standard InChI is InChI=1S/C16H15Br2NO/c1-3-19(15-7-5-4-6-11(15)2)16(20)12-8-13(17)10-14(18)9-12/h4-10H,3H2,1-2H3. The van der Waals surface area contributed by atoms with E-state index in [0.717, 1.165) is 20.2 Å². The van der Waals surface area contributed by atoms with E-state index in [-0.39, 0.29) is 5.91 Å². The third-order valence-corrected chi connectivity index (χ3v) is 3.99. The number of nitrogens with zero attached hydrogens (tertiary/aromatic N) is 1. The third-order valence-electron chi connectivity index (χ3n) is 3.08. The van der Waals surface area contributed by atoms with Crippen LogP contribution in [0.15, 0.2) is 51.4 Å². The van der Waals surface area contributed by atoms with Crippen LogP contribution in [0.1, 0.15) is 22.8 Å². The molecule has 0 heterocycles. The molecule has 0 bridgehead atoms. The van der Waals surface area contributed by atoms with Crippen LogP contribution in [0.2, 0.25) is 0 Å².